The van der Waals surface area contributed by atoms with Crippen molar-refractivity contribution >= 4 is 6.09 Å². The molecule has 0 aromatic carbocycles. The number of hydrogen-bond donors (Lipinski definition) is 2. The lowest BCUT2D eigenvalue weighted by Crippen LogP contribution is -2.43. The lowest BCUT2D eigenvalue weighted by atomic mass is 10.1. The standard InChI is InChI=1S/C14H27N3O2/c1-14(2,3)19-13(18)16-8-7-15-11-6-10-17-9-4-5-12(11)17/h11-12,15H,4-10H2,1-3H3,(H,16,18). The highest BCUT2D eigenvalue weighted by molar-refractivity contribution is 5.67. The number of alkyl carbamates (subject to hydrolysis) is 1. The monoisotopic (exact) mass is 269 g/mol. The maximum Gasteiger partial charge on any atom is 0.407 e. The largest absolute Gasteiger partial charge is 0.444 e. The summed E-state index contributed by atoms with van der Waals surface area (Å²) in [5.74, 6) is 0. The van der Waals surface area contributed by atoms with Gasteiger partial charge in [-0.05, 0) is 46.6 Å². The molecule has 110 valence electrons. The summed E-state index contributed by atoms with van der Waals surface area (Å²) in [6, 6.07) is 1.32. The molecule has 2 saturated heterocycles. The molecule has 2 aliphatic rings. The van der Waals surface area contributed by atoms with E-state index < -0.39 is 5.60 Å². The molecular weight excluding hydrogens is 242 g/mol. The highest BCUT2D eigenvalue weighted by Crippen LogP contribution is 2.27. The maximum absolute atomic E-state index is 11.5. The van der Waals surface area contributed by atoms with E-state index in [9.17, 15) is 4.79 Å². The van der Waals surface area contributed by atoms with Crippen LogP contribution in [0.3, 0.4) is 0 Å². The average molecular weight is 269 g/mol. The van der Waals surface area contributed by atoms with Crippen LogP contribution >= 0.6 is 0 Å². The van der Waals surface area contributed by atoms with Gasteiger partial charge in [0.2, 0.25) is 0 Å². The van der Waals surface area contributed by atoms with Crippen LogP contribution in [0, 0.1) is 0 Å². The molecule has 2 rings (SSSR count). The van der Waals surface area contributed by atoms with E-state index in [0.29, 0.717) is 12.6 Å². The van der Waals surface area contributed by atoms with Gasteiger partial charge in [-0.1, -0.05) is 0 Å². The topological polar surface area (TPSA) is 53.6 Å². The fourth-order valence-corrected chi connectivity index (χ4v) is 3.06. The molecule has 0 aromatic heterocycles. The number of nitrogens with zero attached hydrogens (tertiary/aromatic N) is 1. The molecule has 5 heteroatoms. The van der Waals surface area contributed by atoms with E-state index in [4.69, 9.17) is 4.74 Å². The molecule has 2 N–H and O–H groups in total. The molecule has 2 aliphatic heterocycles. The van der Waals surface area contributed by atoms with Crippen LogP contribution in [0.15, 0.2) is 0 Å². The summed E-state index contributed by atoms with van der Waals surface area (Å²) in [6.45, 7) is 9.54. The zero-order valence-corrected chi connectivity index (χ0v) is 12.4. The summed E-state index contributed by atoms with van der Waals surface area (Å²) in [5, 5.41) is 6.34. The molecule has 0 aromatic rings. The number of rotatable bonds is 4. The molecule has 0 bridgehead atoms. The third-order valence-electron chi connectivity index (χ3n) is 3.81. The normalized spacial score (nSPS) is 27.3. The molecule has 19 heavy (non-hydrogen) atoms. The van der Waals surface area contributed by atoms with Crippen molar-refractivity contribution in [3.05, 3.63) is 0 Å². The Morgan fingerprint density at radius 2 is 2.05 bits per heavy atom. The molecule has 0 spiro atoms. The van der Waals surface area contributed by atoms with E-state index >= 15 is 0 Å². The minimum atomic E-state index is -0.423. The molecule has 2 fully saturated rings. The zero-order valence-electron chi connectivity index (χ0n) is 12.4. The molecule has 2 unspecified atom stereocenters. The van der Waals surface area contributed by atoms with Gasteiger partial charge in [0, 0.05) is 31.7 Å². The number of amides is 1. The summed E-state index contributed by atoms with van der Waals surface area (Å²) in [4.78, 5) is 14.1. The van der Waals surface area contributed by atoms with E-state index in [1.807, 2.05) is 20.8 Å². The number of carbonyl (C=O) groups excluding carboxylic acids is 1. The van der Waals surface area contributed by atoms with Crippen LogP contribution in [0.25, 0.3) is 0 Å². The second-order valence-corrected chi connectivity index (χ2v) is 6.52. The molecule has 5 nitrogen and oxygen atoms in total. The first-order valence-electron chi connectivity index (χ1n) is 7.40. The third kappa shape index (κ3) is 4.35. The lowest BCUT2D eigenvalue weighted by molar-refractivity contribution is 0.0528. The Morgan fingerprint density at radius 1 is 1.26 bits per heavy atom. The van der Waals surface area contributed by atoms with Gasteiger partial charge in [0.05, 0.1) is 0 Å². The molecule has 0 aliphatic carbocycles. The third-order valence-corrected chi connectivity index (χ3v) is 3.81. The van der Waals surface area contributed by atoms with Gasteiger partial charge in [-0.2, -0.15) is 0 Å². The quantitative estimate of drug-likeness (QED) is 0.756. The smallest absolute Gasteiger partial charge is 0.407 e. The van der Waals surface area contributed by atoms with Crippen LogP contribution < -0.4 is 10.6 Å². The number of ether oxygens (including phenoxy) is 1. The average Bonchev–Trinajstić information content (AvgIpc) is 2.85. The summed E-state index contributed by atoms with van der Waals surface area (Å²) in [5.41, 5.74) is -0.423. The highest BCUT2D eigenvalue weighted by atomic mass is 16.6. The minimum absolute atomic E-state index is 0.330. The Kier molecular flexibility index (Phi) is 4.68. The summed E-state index contributed by atoms with van der Waals surface area (Å²) >= 11 is 0. The van der Waals surface area contributed by atoms with Crippen LogP contribution in [0.1, 0.15) is 40.0 Å². The van der Waals surface area contributed by atoms with Crippen molar-refractivity contribution in [3.63, 3.8) is 0 Å². The van der Waals surface area contributed by atoms with Gasteiger partial charge in [-0.15, -0.1) is 0 Å². The van der Waals surface area contributed by atoms with Crippen molar-refractivity contribution in [3.8, 4) is 0 Å². The SMILES string of the molecule is CC(C)(C)OC(=O)NCCNC1CCN2CCCC12. The Labute approximate surface area is 116 Å². The zero-order chi connectivity index (χ0) is 13.9. The first kappa shape index (κ1) is 14.6. The molecule has 2 heterocycles. The van der Waals surface area contributed by atoms with Crippen LogP contribution in [-0.2, 0) is 4.74 Å². The van der Waals surface area contributed by atoms with Crippen molar-refractivity contribution in [1.29, 1.82) is 0 Å². The predicted molar refractivity (Wildman–Crippen MR) is 75.2 cm³/mol. The first-order chi connectivity index (χ1) is 8.96. The second-order valence-electron chi connectivity index (χ2n) is 6.52. The number of hydrogen-bond acceptors (Lipinski definition) is 4. The minimum Gasteiger partial charge on any atom is -0.444 e. The summed E-state index contributed by atoms with van der Waals surface area (Å²) in [6.07, 6.45) is 3.55. The van der Waals surface area contributed by atoms with E-state index in [-0.39, 0.29) is 6.09 Å². The van der Waals surface area contributed by atoms with Crippen molar-refractivity contribution in [2.75, 3.05) is 26.2 Å². The molecule has 1 amide bonds. The van der Waals surface area contributed by atoms with E-state index in [2.05, 4.69) is 15.5 Å². The number of nitrogens with one attached hydrogen (secondary N) is 2. The predicted octanol–water partition coefficient (Wildman–Crippen LogP) is 1.34. The van der Waals surface area contributed by atoms with E-state index in [0.717, 1.165) is 12.6 Å². The van der Waals surface area contributed by atoms with Gasteiger partial charge in [0.25, 0.3) is 0 Å². The van der Waals surface area contributed by atoms with Gasteiger partial charge < -0.3 is 15.4 Å². The number of carbonyl (C=O) groups is 1. The van der Waals surface area contributed by atoms with Gasteiger partial charge >= 0.3 is 6.09 Å². The Balaban J connectivity index is 1.58. The van der Waals surface area contributed by atoms with Gasteiger partial charge in [-0.25, -0.2) is 4.79 Å². The van der Waals surface area contributed by atoms with Crippen molar-refractivity contribution in [1.82, 2.24) is 15.5 Å². The fraction of sp³-hybridized carbons (Fsp3) is 0.929. The van der Waals surface area contributed by atoms with Gasteiger partial charge in [0.15, 0.2) is 0 Å². The highest BCUT2D eigenvalue weighted by Gasteiger charge is 2.36. The van der Waals surface area contributed by atoms with E-state index in [1.54, 1.807) is 0 Å². The van der Waals surface area contributed by atoms with Crippen molar-refractivity contribution < 1.29 is 9.53 Å². The Bertz CT molecular complexity index is 314. The van der Waals surface area contributed by atoms with Crippen molar-refractivity contribution in [2.24, 2.45) is 0 Å². The first-order valence-corrected chi connectivity index (χ1v) is 7.40. The Morgan fingerprint density at radius 3 is 2.79 bits per heavy atom. The van der Waals surface area contributed by atoms with Gasteiger partial charge in [-0.3, -0.25) is 4.90 Å². The molecular formula is C14H27N3O2. The molecule has 2 atom stereocenters. The maximum atomic E-state index is 11.5. The fourth-order valence-electron chi connectivity index (χ4n) is 3.06. The van der Waals surface area contributed by atoms with Crippen LogP contribution in [-0.4, -0.2) is 54.9 Å². The Hall–Kier alpha value is -0.810. The molecule has 0 radical (unpaired) electrons. The van der Waals surface area contributed by atoms with Crippen LogP contribution in [0.5, 0.6) is 0 Å². The lowest BCUT2D eigenvalue weighted by Gasteiger charge is -2.22. The second kappa shape index (κ2) is 6.09. The molecule has 0 saturated carbocycles. The summed E-state index contributed by atoms with van der Waals surface area (Å²) in [7, 11) is 0. The number of fused-ring (bicyclic) bond motifs is 1. The van der Waals surface area contributed by atoms with Gasteiger partial charge in [0.1, 0.15) is 5.60 Å². The van der Waals surface area contributed by atoms with E-state index in [1.165, 1.54) is 32.4 Å². The van der Waals surface area contributed by atoms with Crippen molar-refractivity contribution in [2.45, 2.75) is 57.7 Å². The van der Waals surface area contributed by atoms with Crippen LogP contribution in [0.2, 0.25) is 0 Å². The van der Waals surface area contributed by atoms with Crippen LogP contribution in [0.4, 0.5) is 4.79 Å². The summed E-state index contributed by atoms with van der Waals surface area (Å²) < 4.78 is 5.19.